The quantitative estimate of drug-likeness (QED) is 0.659. The van der Waals surface area contributed by atoms with E-state index in [1.807, 2.05) is 28.8 Å². The van der Waals surface area contributed by atoms with Crippen molar-refractivity contribution in [3.63, 3.8) is 0 Å². The van der Waals surface area contributed by atoms with Gasteiger partial charge in [-0.1, -0.05) is 18.2 Å². The van der Waals surface area contributed by atoms with Gasteiger partial charge < -0.3 is 19.2 Å². The molecule has 0 radical (unpaired) electrons. The average molecular weight is 442 g/mol. The Morgan fingerprint density at radius 2 is 2.00 bits per heavy atom. The molecule has 0 spiro atoms. The smallest absolute Gasteiger partial charge is 0.326 e. The van der Waals surface area contributed by atoms with Crippen molar-refractivity contribution in [2.24, 2.45) is 0 Å². The number of H-pyrrole nitrogens is 1. The lowest BCUT2D eigenvalue weighted by Gasteiger charge is -2.43. The lowest BCUT2D eigenvalue weighted by Crippen LogP contribution is -2.51. The Bertz CT molecular complexity index is 1140. The van der Waals surface area contributed by atoms with E-state index < -0.39 is 5.60 Å². The van der Waals surface area contributed by atoms with Crippen molar-refractivity contribution < 1.29 is 18.6 Å². The van der Waals surface area contributed by atoms with Crippen LogP contribution < -0.4 is 10.4 Å². The van der Waals surface area contributed by atoms with Gasteiger partial charge in [0, 0.05) is 37.3 Å². The summed E-state index contributed by atoms with van der Waals surface area (Å²) in [7, 11) is 1.61. The van der Waals surface area contributed by atoms with Crippen LogP contribution in [0.25, 0.3) is 11.0 Å². The molecule has 2 aliphatic rings. The second kappa shape index (κ2) is 8.69. The number of rotatable bonds is 5. The molecule has 3 aromatic rings. The Hall–Kier alpha value is -2.68. The van der Waals surface area contributed by atoms with Gasteiger partial charge in [0.15, 0.2) is 0 Å². The molecular weight excluding hydrogens is 413 g/mol. The molecule has 0 saturated carbocycles. The molecule has 2 aromatic carbocycles. The summed E-state index contributed by atoms with van der Waals surface area (Å²) in [6.07, 6.45) is 1.65. The van der Waals surface area contributed by atoms with E-state index in [4.69, 9.17) is 14.2 Å². The lowest BCUT2D eigenvalue weighted by atomic mass is 9.91. The standard InChI is InChI=1S/C24H28FN3O4/c1-30-18-6-7-22-21(14-18)26-23(29)28(22)17-8-10-27(11-9-17)15-24(16-31-12-13-32-24)19-4-2-3-5-20(19)25/h2-7,14,17H,8-13,15-16H2,1H3,(H,26,29). The van der Waals surface area contributed by atoms with Crippen molar-refractivity contribution in [2.45, 2.75) is 24.5 Å². The highest BCUT2D eigenvalue weighted by Crippen LogP contribution is 2.34. The summed E-state index contributed by atoms with van der Waals surface area (Å²) in [6.45, 7) is 3.43. The first-order valence-electron chi connectivity index (χ1n) is 11.1. The molecule has 0 bridgehead atoms. The predicted octanol–water partition coefficient (Wildman–Crippen LogP) is 3.06. The Balaban J connectivity index is 1.33. The van der Waals surface area contributed by atoms with E-state index in [0.717, 1.165) is 37.0 Å². The van der Waals surface area contributed by atoms with Crippen molar-refractivity contribution in [1.82, 2.24) is 14.5 Å². The van der Waals surface area contributed by atoms with Gasteiger partial charge in [0.2, 0.25) is 0 Å². The molecule has 1 aromatic heterocycles. The van der Waals surface area contributed by atoms with E-state index in [2.05, 4.69) is 9.88 Å². The molecule has 1 N–H and O–H groups in total. The number of ether oxygens (including phenoxy) is 3. The van der Waals surface area contributed by atoms with Crippen LogP contribution in [0.5, 0.6) is 5.75 Å². The molecular formula is C24H28FN3O4. The molecule has 2 fully saturated rings. The summed E-state index contributed by atoms with van der Waals surface area (Å²) in [5.41, 5.74) is 1.30. The number of nitrogens with zero attached hydrogens (tertiary/aromatic N) is 2. The molecule has 2 aliphatic heterocycles. The van der Waals surface area contributed by atoms with Crippen molar-refractivity contribution in [1.29, 1.82) is 0 Å². The van der Waals surface area contributed by atoms with Crippen LogP contribution in [0.3, 0.4) is 0 Å². The number of hydrogen-bond acceptors (Lipinski definition) is 5. The zero-order valence-corrected chi connectivity index (χ0v) is 18.2. The topological polar surface area (TPSA) is 68.7 Å². The highest BCUT2D eigenvalue weighted by molar-refractivity contribution is 5.77. The van der Waals surface area contributed by atoms with Gasteiger partial charge >= 0.3 is 5.69 Å². The molecule has 32 heavy (non-hydrogen) atoms. The maximum absolute atomic E-state index is 14.7. The number of likely N-dealkylation sites (tertiary alicyclic amines) is 1. The van der Waals surface area contributed by atoms with Gasteiger partial charge in [0.05, 0.1) is 38.0 Å². The molecule has 0 amide bonds. The molecule has 2 saturated heterocycles. The fourth-order valence-electron chi connectivity index (χ4n) is 5.03. The highest BCUT2D eigenvalue weighted by atomic mass is 19.1. The fourth-order valence-corrected chi connectivity index (χ4v) is 5.03. The first-order valence-corrected chi connectivity index (χ1v) is 11.1. The van der Waals surface area contributed by atoms with Crippen LogP contribution in [0.1, 0.15) is 24.4 Å². The van der Waals surface area contributed by atoms with E-state index in [1.54, 1.807) is 19.2 Å². The number of nitrogens with one attached hydrogen (secondary N) is 1. The fraction of sp³-hybridized carbons (Fsp3) is 0.458. The van der Waals surface area contributed by atoms with E-state index in [-0.39, 0.29) is 17.5 Å². The minimum Gasteiger partial charge on any atom is -0.497 e. The van der Waals surface area contributed by atoms with Gasteiger partial charge in [-0.15, -0.1) is 0 Å². The molecule has 1 atom stereocenters. The number of halogens is 1. The second-order valence-electron chi connectivity index (χ2n) is 8.57. The number of hydrogen-bond donors (Lipinski definition) is 1. The summed E-state index contributed by atoms with van der Waals surface area (Å²) in [6, 6.07) is 12.5. The predicted molar refractivity (Wildman–Crippen MR) is 119 cm³/mol. The van der Waals surface area contributed by atoms with Crippen LogP contribution in [0, 0.1) is 5.82 Å². The number of aromatic amines is 1. The van der Waals surface area contributed by atoms with E-state index >= 15 is 0 Å². The van der Waals surface area contributed by atoms with Gasteiger partial charge in [0.1, 0.15) is 17.2 Å². The maximum Gasteiger partial charge on any atom is 0.326 e. The van der Waals surface area contributed by atoms with Crippen molar-refractivity contribution in [3.05, 3.63) is 64.3 Å². The minimum atomic E-state index is -0.815. The van der Waals surface area contributed by atoms with E-state index in [9.17, 15) is 9.18 Å². The molecule has 3 heterocycles. The molecule has 7 nitrogen and oxygen atoms in total. The van der Waals surface area contributed by atoms with Gasteiger partial charge in [-0.3, -0.25) is 9.47 Å². The Morgan fingerprint density at radius 3 is 2.72 bits per heavy atom. The minimum absolute atomic E-state index is 0.0986. The third-order valence-corrected chi connectivity index (χ3v) is 6.63. The lowest BCUT2D eigenvalue weighted by molar-refractivity contribution is -0.175. The van der Waals surface area contributed by atoms with Crippen LogP contribution in [-0.4, -0.2) is 61.0 Å². The number of piperidine rings is 1. The Morgan fingerprint density at radius 1 is 1.19 bits per heavy atom. The van der Waals surface area contributed by atoms with Crippen LogP contribution in [0.2, 0.25) is 0 Å². The number of methoxy groups -OCH3 is 1. The van der Waals surface area contributed by atoms with Crippen LogP contribution in [0.4, 0.5) is 4.39 Å². The zero-order valence-electron chi connectivity index (χ0n) is 18.2. The first kappa shape index (κ1) is 21.2. The summed E-state index contributed by atoms with van der Waals surface area (Å²) in [5.74, 6) is 0.447. The third kappa shape index (κ3) is 3.83. The third-order valence-electron chi connectivity index (χ3n) is 6.63. The molecule has 1 unspecified atom stereocenters. The van der Waals surface area contributed by atoms with Crippen molar-refractivity contribution >= 4 is 11.0 Å². The Kier molecular flexibility index (Phi) is 5.75. The summed E-state index contributed by atoms with van der Waals surface area (Å²) < 4.78 is 33.7. The molecule has 5 rings (SSSR count). The number of imidazole rings is 1. The number of aromatic nitrogens is 2. The van der Waals surface area contributed by atoms with Crippen molar-refractivity contribution in [2.75, 3.05) is 46.6 Å². The second-order valence-corrected chi connectivity index (χ2v) is 8.57. The zero-order chi connectivity index (χ0) is 22.1. The summed E-state index contributed by atoms with van der Waals surface area (Å²) in [4.78, 5) is 17.9. The van der Waals surface area contributed by atoms with E-state index in [1.165, 1.54) is 6.07 Å². The highest BCUT2D eigenvalue weighted by Gasteiger charge is 2.41. The number of fused-ring (bicyclic) bond motifs is 1. The molecule has 0 aliphatic carbocycles. The number of benzene rings is 2. The van der Waals surface area contributed by atoms with Crippen molar-refractivity contribution in [3.8, 4) is 5.75 Å². The maximum atomic E-state index is 14.7. The van der Waals surface area contributed by atoms with Gasteiger partial charge in [-0.25, -0.2) is 9.18 Å². The van der Waals surface area contributed by atoms with Crippen LogP contribution in [-0.2, 0) is 15.1 Å². The summed E-state index contributed by atoms with van der Waals surface area (Å²) in [5, 5.41) is 0. The molecule has 8 heteroatoms. The monoisotopic (exact) mass is 441 g/mol. The van der Waals surface area contributed by atoms with Gasteiger partial charge in [-0.05, 0) is 31.0 Å². The van der Waals surface area contributed by atoms with Crippen LogP contribution >= 0.6 is 0 Å². The Labute approximate surface area is 185 Å². The SMILES string of the molecule is COc1ccc2c(c1)[nH]c(=O)n2C1CCN(CC2(c3ccccc3F)COCCO2)CC1. The largest absolute Gasteiger partial charge is 0.497 e. The average Bonchev–Trinajstić information content (AvgIpc) is 3.15. The van der Waals surface area contributed by atoms with Gasteiger partial charge in [0.25, 0.3) is 0 Å². The summed E-state index contributed by atoms with van der Waals surface area (Å²) >= 11 is 0. The first-order chi connectivity index (χ1) is 15.6. The molecule has 170 valence electrons. The normalized spacial score (nSPS) is 22.9. The van der Waals surface area contributed by atoms with E-state index in [0.29, 0.717) is 37.7 Å². The van der Waals surface area contributed by atoms with Gasteiger partial charge in [-0.2, -0.15) is 0 Å². The van der Waals surface area contributed by atoms with Crippen LogP contribution in [0.15, 0.2) is 47.3 Å².